The number of para-hydroxylation sites is 1. The van der Waals surface area contributed by atoms with E-state index >= 15 is 0 Å². The maximum atomic E-state index is 13.1. The molecule has 2 atom stereocenters. The Hall–Kier alpha value is -3.20. The number of hydrogen-bond acceptors (Lipinski definition) is 5. The highest BCUT2D eigenvalue weighted by Gasteiger charge is 2.33. The lowest BCUT2D eigenvalue weighted by molar-refractivity contribution is -0.136. The Morgan fingerprint density at radius 3 is 2.93 bits per heavy atom. The third kappa shape index (κ3) is 3.24. The van der Waals surface area contributed by atoms with Crippen molar-refractivity contribution in [2.45, 2.75) is 19.0 Å². The molecule has 0 radical (unpaired) electrons. The number of aromatic nitrogens is 4. The van der Waals surface area contributed by atoms with Crippen molar-refractivity contribution in [1.29, 1.82) is 0 Å². The summed E-state index contributed by atoms with van der Waals surface area (Å²) in [6, 6.07) is 6.55. The lowest BCUT2D eigenvalue weighted by Crippen LogP contribution is -2.55. The Bertz CT molecular complexity index is 1010. The van der Waals surface area contributed by atoms with Crippen LogP contribution in [0.3, 0.4) is 0 Å². The fourth-order valence-electron chi connectivity index (χ4n) is 3.61. The zero-order valence-electron chi connectivity index (χ0n) is 15.8. The smallest absolute Gasteiger partial charge is 0.273 e. The van der Waals surface area contributed by atoms with Gasteiger partial charge in [-0.3, -0.25) is 14.7 Å². The molecule has 9 heteroatoms. The highest BCUT2D eigenvalue weighted by Crippen LogP contribution is 2.21. The minimum absolute atomic E-state index is 0.136. The Balaban J connectivity index is 1.50. The number of amides is 2. The van der Waals surface area contributed by atoms with E-state index in [1.54, 1.807) is 18.0 Å². The van der Waals surface area contributed by atoms with E-state index in [2.05, 4.69) is 25.8 Å². The van der Waals surface area contributed by atoms with Crippen LogP contribution in [0.2, 0.25) is 0 Å². The van der Waals surface area contributed by atoms with E-state index in [0.29, 0.717) is 19.6 Å². The summed E-state index contributed by atoms with van der Waals surface area (Å²) in [5.41, 5.74) is 1.07. The molecule has 0 aliphatic carbocycles. The van der Waals surface area contributed by atoms with Crippen molar-refractivity contribution in [3.8, 4) is 0 Å². The second-order valence-electron chi connectivity index (χ2n) is 6.96. The maximum absolute atomic E-state index is 13.1. The van der Waals surface area contributed by atoms with E-state index in [4.69, 9.17) is 0 Å². The van der Waals surface area contributed by atoms with Gasteiger partial charge in [-0.05, 0) is 13.0 Å². The summed E-state index contributed by atoms with van der Waals surface area (Å²) in [6.07, 6.45) is 3.58. The Kier molecular flexibility index (Phi) is 4.82. The van der Waals surface area contributed by atoms with E-state index in [1.165, 1.54) is 0 Å². The van der Waals surface area contributed by atoms with Crippen molar-refractivity contribution in [2.75, 3.05) is 19.6 Å². The topological polar surface area (TPSA) is 108 Å². The molecule has 0 bridgehead atoms. The summed E-state index contributed by atoms with van der Waals surface area (Å²) in [7, 11) is 1.91. The Labute approximate surface area is 162 Å². The molecule has 0 saturated carbocycles. The van der Waals surface area contributed by atoms with Crippen molar-refractivity contribution in [3.05, 3.63) is 48.2 Å². The van der Waals surface area contributed by atoms with E-state index in [9.17, 15) is 9.59 Å². The average Bonchev–Trinajstić information content (AvgIpc) is 3.33. The van der Waals surface area contributed by atoms with Crippen LogP contribution < -0.4 is 10.6 Å². The summed E-state index contributed by atoms with van der Waals surface area (Å²) in [6.45, 7) is 3.59. The highest BCUT2D eigenvalue weighted by atomic mass is 16.2. The number of piperazine rings is 1. The number of fused-ring (bicyclic) bond motifs is 1. The lowest BCUT2D eigenvalue weighted by atomic mass is 10.1. The summed E-state index contributed by atoms with van der Waals surface area (Å²) >= 11 is 0. The van der Waals surface area contributed by atoms with Crippen LogP contribution in [0.15, 0.2) is 36.7 Å². The molecule has 1 aromatic carbocycles. The predicted octanol–water partition coefficient (Wildman–Crippen LogP) is 0.588. The van der Waals surface area contributed by atoms with Crippen molar-refractivity contribution in [1.82, 2.24) is 35.3 Å². The van der Waals surface area contributed by atoms with Gasteiger partial charge in [0, 0.05) is 44.5 Å². The Morgan fingerprint density at radius 2 is 2.14 bits per heavy atom. The number of nitrogens with zero attached hydrogens (tertiary/aromatic N) is 4. The Morgan fingerprint density at radius 1 is 1.32 bits per heavy atom. The number of carbonyl (C=O) groups excluding carboxylic acids is 2. The van der Waals surface area contributed by atoms with E-state index in [1.807, 2.05) is 42.1 Å². The first-order valence-electron chi connectivity index (χ1n) is 9.28. The van der Waals surface area contributed by atoms with Gasteiger partial charge in [0.05, 0.1) is 5.52 Å². The number of carbonyl (C=O) groups is 2. The first-order chi connectivity index (χ1) is 13.6. The summed E-state index contributed by atoms with van der Waals surface area (Å²) in [5.74, 6) is 0.307. The number of nitrogens with one attached hydrogen (secondary N) is 3. The fraction of sp³-hybridized carbons (Fsp3) is 0.368. The van der Waals surface area contributed by atoms with Crippen molar-refractivity contribution < 1.29 is 9.59 Å². The van der Waals surface area contributed by atoms with Gasteiger partial charge in [0.25, 0.3) is 5.91 Å². The predicted molar refractivity (Wildman–Crippen MR) is 104 cm³/mol. The van der Waals surface area contributed by atoms with Gasteiger partial charge in [-0.25, -0.2) is 4.98 Å². The molecule has 4 rings (SSSR count). The maximum Gasteiger partial charge on any atom is 0.273 e. The molecule has 2 aromatic heterocycles. The monoisotopic (exact) mass is 381 g/mol. The molecule has 1 fully saturated rings. The minimum atomic E-state index is -0.677. The number of imidazole rings is 1. The van der Waals surface area contributed by atoms with Crippen LogP contribution in [-0.4, -0.2) is 62.1 Å². The molecule has 1 aliphatic heterocycles. The van der Waals surface area contributed by atoms with Crippen LogP contribution in [0.4, 0.5) is 0 Å². The van der Waals surface area contributed by atoms with Crippen LogP contribution in [0, 0.1) is 0 Å². The summed E-state index contributed by atoms with van der Waals surface area (Å²) < 4.78 is 1.91. The molecule has 3 aromatic rings. The van der Waals surface area contributed by atoms with Crippen molar-refractivity contribution >= 4 is 22.7 Å². The number of rotatable bonds is 4. The van der Waals surface area contributed by atoms with Gasteiger partial charge in [-0.1, -0.05) is 18.2 Å². The molecular weight excluding hydrogens is 358 g/mol. The normalized spacial score (nSPS) is 18.2. The van der Waals surface area contributed by atoms with E-state index in [0.717, 1.165) is 16.7 Å². The molecule has 2 unspecified atom stereocenters. The number of aromatic amines is 1. The van der Waals surface area contributed by atoms with Crippen molar-refractivity contribution in [3.63, 3.8) is 0 Å². The number of aryl methyl sites for hydroxylation is 1. The molecule has 3 heterocycles. The van der Waals surface area contributed by atoms with Gasteiger partial charge in [0.2, 0.25) is 5.91 Å². The molecule has 1 aliphatic rings. The fourth-order valence-corrected chi connectivity index (χ4v) is 3.61. The van der Waals surface area contributed by atoms with Crippen LogP contribution in [0.5, 0.6) is 0 Å². The highest BCUT2D eigenvalue weighted by molar-refractivity contribution is 6.05. The molecule has 28 heavy (non-hydrogen) atoms. The molecule has 9 nitrogen and oxygen atoms in total. The third-order valence-corrected chi connectivity index (χ3v) is 5.09. The van der Waals surface area contributed by atoms with Gasteiger partial charge < -0.3 is 20.1 Å². The molecule has 146 valence electrons. The molecule has 2 amide bonds. The summed E-state index contributed by atoms with van der Waals surface area (Å²) in [5, 5.41) is 13.8. The van der Waals surface area contributed by atoms with Gasteiger partial charge in [-0.2, -0.15) is 5.10 Å². The van der Waals surface area contributed by atoms with Gasteiger partial charge >= 0.3 is 0 Å². The molecular formula is C19H23N7O2. The van der Waals surface area contributed by atoms with E-state index < -0.39 is 6.04 Å². The van der Waals surface area contributed by atoms with E-state index in [-0.39, 0.29) is 23.6 Å². The van der Waals surface area contributed by atoms with Crippen LogP contribution in [-0.2, 0) is 11.8 Å². The standard InChI is InChI=1S/C19H23N7O2/c1-12(22-18(27)16-13-5-3-4-6-14(13)23-24-16)19(28)26-10-7-20-11-15(26)17-21-8-9-25(17)2/h3-6,8-9,12,15,20H,7,10-11H2,1-2H3,(H,22,27)(H,23,24). The van der Waals surface area contributed by atoms with Crippen LogP contribution in [0.1, 0.15) is 29.3 Å². The molecule has 0 spiro atoms. The third-order valence-electron chi connectivity index (χ3n) is 5.09. The van der Waals surface area contributed by atoms with Gasteiger partial charge in [0.15, 0.2) is 5.69 Å². The molecule has 1 saturated heterocycles. The first-order valence-corrected chi connectivity index (χ1v) is 9.28. The number of H-pyrrole nitrogens is 1. The zero-order chi connectivity index (χ0) is 19.7. The van der Waals surface area contributed by atoms with Crippen molar-refractivity contribution in [2.24, 2.45) is 7.05 Å². The van der Waals surface area contributed by atoms with Crippen LogP contribution >= 0.6 is 0 Å². The number of hydrogen-bond donors (Lipinski definition) is 3. The van der Waals surface area contributed by atoms with Crippen LogP contribution in [0.25, 0.3) is 10.9 Å². The minimum Gasteiger partial charge on any atom is -0.339 e. The average molecular weight is 381 g/mol. The summed E-state index contributed by atoms with van der Waals surface area (Å²) in [4.78, 5) is 32.0. The largest absolute Gasteiger partial charge is 0.339 e. The zero-order valence-corrected chi connectivity index (χ0v) is 15.8. The molecule has 3 N–H and O–H groups in total. The van der Waals surface area contributed by atoms with Gasteiger partial charge in [0.1, 0.15) is 17.9 Å². The number of benzene rings is 1. The second kappa shape index (κ2) is 7.43. The lowest BCUT2D eigenvalue weighted by Gasteiger charge is -2.37. The van der Waals surface area contributed by atoms with Gasteiger partial charge in [-0.15, -0.1) is 0 Å². The second-order valence-corrected chi connectivity index (χ2v) is 6.96. The first kappa shape index (κ1) is 18.2. The SMILES string of the molecule is CC(NC(=O)c1n[nH]c2ccccc12)C(=O)N1CCNCC1c1nccn1C. The quantitative estimate of drug-likeness (QED) is 0.613.